The van der Waals surface area contributed by atoms with Crippen LogP contribution in [0.3, 0.4) is 0 Å². The molecule has 12 heavy (non-hydrogen) atoms. The number of hydrogen-bond acceptors (Lipinski definition) is 1. The minimum Gasteiger partial charge on any atom is -0.396 e. The van der Waals surface area contributed by atoms with Gasteiger partial charge in [0.05, 0.1) is 0 Å². The number of hydrogen-bond donors (Lipinski definition) is 1. The van der Waals surface area contributed by atoms with E-state index in [0.717, 1.165) is 12.1 Å². The third-order valence-electron chi connectivity index (χ3n) is 1.79. The molecule has 1 atom stereocenters. The number of benzene rings is 1. The average molecular weight is 172 g/mol. The van der Waals surface area contributed by atoms with Crippen LogP contribution in [0.2, 0.25) is 0 Å². The van der Waals surface area contributed by atoms with Crippen LogP contribution in [0.25, 0.3) is 0 Å². The third kappa shape index (κ3) is 1.80. The second-order valence-corrected chi connectivity index (χ2v) is 2.76. The maximum atomic E-state index is 12.6. The van der Waals surface area contributed by atoms with Gasteiger partial charge < -0.3 is 5.11 Å². The first-order chi connectivity index (χ1) is 5.65. The van der Waals surface area contributed by atoms with Gasteiger partial charge in [-0.05, 0) is 17.7 Å². The highest BCUT2D eigenvalue weighted by Gasteiger charge is 2.07. The topological polar surface area (TPSA) is 20.2 Å². The van der Waals surface area contributed by atoms with Crippen molar-refractivity contribution in [1.82, 2.24) is 0 Å². The molecule has 1 nitrogen and oxygen atoms in total. The highest BCUT2D eigenvalue weighted by Crippen LogP contribution is 2.16. The molecule has 0 heterocycles. The second-order valence-electron chi connectivity index (χ2n) is 2.76. The summed E-state index contributed by atoms with van der Waals surface area (Å²) in [7, 11) is 0. The summed E-state index contributed by atoms with van der Waals surface area (Å²) in [5.74, 6) is -1.88. The molecule has 66 valence electrons. The predicted octanol–water partition coefficient (Wildman–Crippen LogP) is 2.06. The van der Waals surface area contributed by atoms with Crippen molar-refractivity contribution in [3.05, 3.63) is 35.4 Å². The SMILES string of the molecule is C[C@H](CO)c1ccc(F)c(F)c1. The minimum atomic E-state index is -0.868. The molecule has 0 aliphatic rings. The van der Waals surface area contributed by atoms with Crippen molar-refractivity contribution in [1.29, 1.82) is 0 Å². The Labute approximate surface area is 69.7 Å². The Hall–Kier alpha value is -0.960. The molecule has 0 radical (unpaired) electrons. The van der Waals surface area contributed by atoms with E-state index in [1.807, 2.05) is 0 Å². The molecule has 1 rings (SSSR count). The maximum Gasteiger partial charge on any atom is 0.159 e. The zero-order chi connectivity index (χ0) is 9.14. The lowest BCUT2D eigenvalue weighted by molar-refractivity contribution is 0.272. The Morgan fingerprint density at radius 1 is 1.33 bits per heavy atom. The molecular weight excluding hydrogens is 162 g/mol. The summed E-state index contributed by atoms with van der Waals surface area (Å²) in [5, 5.41) is 8.73. The summed E-state index contributed by atoms with van der Waals surface area (Å²) in [6.45, 7) is 1.68. The zero-order valence-corrected chi connectivity index (χ0v) is 6.72. The van der Waals surface area contributed by atoms with Crippen LogP contribution in [0.5, 0.6) is 0 Å². The van der Waals surface area contributed by atoms with Gasteiger partial charge in [0.2, 0.25) is 0 Å². The van der Waals surface area contributed by atoms with Crippen molar-refractivity contribution in [3.63, 3.8) is 0 Å². The molecule has 0 spiro atoms. The Bertz CT molecular complexity index is 273. The number of aliphatic hydroxyl groups excluding tert-OH is 1. The molecule has 0 saturated heterocycles. The normalized spacial score (nSPS) is 13.0. The molecule has 0 saturated carbocycles. The maximum absolute atomic E-state index is 12.6. The van der Waals surface area contributed by atoms with E-state index in [1.54, 1.807) is 6.92 Å². The molecule has 1 aromatic carbocycles. The molecule has 0 bridgehead atoms. The van der Waals surface area contributed by atoms with Gasteiger partial charge in [-0.15, -0.1) is 0 Å². The zero-order valence-electron chi connectivity index (χ0n) is 6.72. The smallest absolute Gasteiger partial charge is 0.159 e. The lowest BCUT2D eigenvalue weighted by Crippen LogP contribution is -1.99. The van der Waals surface area contributed by atoms with E-state index in [-0.39, 0.29) is 12.5 Å². The minimum absolute atomic E-state index is 0.0644. The Balaban J connectivity index is 2.96. The van der Waals surface area contributed by atoms with Crippen LogP contribution in [0, 0.1) is 11.6 Å². The van der Waals surface area contributed by atoms with Crippen molar-refractivity contribution in [2.75, 3.05) is 6.61 Å². The molecule has 3 heteroatoms. The first-order valence-corrected chi connectivity index (χ1v) is 3.71. The van der Waals surface area contributed by atoms with Crippen LogP contribution in [-0.4, -0.2) is 11.7 Å². The highest BCUT2D eigenvalue weighted by atomic mass is 19.2. The third-order valence-corrected chi connectivity index (χ3v) is 1.79. The first kappa shape index (κ1) is 9.13. The van der Waals surface area contributed by atoms with Gasteiger partial charge in [0.15, 0.2) is 11.6 Å². The molecule has 0 fully saturated rings. The van der Waals surface area contributed by atoms with Gasteiger partial charge in [-0.25, -0.2) is 8.78 Å². The van der Waals surface area contributed by atoms with Crippen LogP contribution >= 0.6 is 0 Å². The van der Waals surface area contributed by atoms with Gasteiger partial charge in [0.1, 0.15) is 0 Å². The lowest BCUT2D eigenvalue weighted by atomic mass is 10.0. The molecule has 0 aromatic heterocycles. The van der Waals surface area contributed by atoms with Gasteiger partial charge in [-0.1, -0.05) is 13.0 Å². The highest BCUT2D eigenvalue weighted by molar-refractivity contribution is 5.21. The van der Waals surface area contributed by atoms with Gasteiger partial charge in [0, 0.05) is 12.5 Å². The average Bonchev–Trinajstić information content (AvgIpc) is 2.08. The van der Waals surface area contributed by atoms with Crippen LogP contribution in [0.15, 0.2) is 18.2 Å². The quantitative estimate of drug-likeness (QED) is 0.723. The molecule has 1 aromatic rings. The van der Waals surface area contributed by atoms with Crippen molar-refractivity contribution < 1.29 is 13.9 Å². The van der Waals surface area contributed by atoms with Gasteiger partial charge in [0.25, 0.3) is 0 Å². The van der Waals surface area contributed by atoms with Crippen molar-refractivity contribution in [2.45, 2.75) is 12.8 Å². The second kappa shape index (κ2) is 3.63. The van der Waals surface area contributed by atoms with Gasteiger partial charge in [-0.2, -0.15) is 0 Å². The fraction of sp³-hybridized carbons (Fsp3) is 0.333. The predicted molar refractivity (Wildman–Crippen MR) is 41.9 cm³/mol. The van der Waals surface area contributed by atoms with E-state index < -0.39 is 11.6 Å². The molecule has 0 aliphatic heterocycles. The van der Waals surface area contributed by atoms with Crippen LogP contribution in [0.4, 0.5) is 8.78 Å². The Morgan fingerprint density at radius 2 is 2.00 bits per heavy atom. The monoisotopic (exact) mass is 172 g/mol. The van der Waals surface area contributed by atoms with Crippen molar-refractivity contribution in [3.8, 4) is 0 Å². The van der Waals surface area contributed by atoms with Crippen LogP contribution in [0.1, 0.15) is 18.4 Å². The summed E-state index contributed by atoms with van der Waals surface area (Å²) in [6.07, 6.45) is 0. The Kier molecular flexibility index (Phi) is 2.76. The van der Waals surface area contributed by atoms with E-state index in [4.69, 9.17) is 5.11 Å². The standard InChI is InChI=1S/C9H10F2O/c1-6(5-12)7-2-3-8(10)9(11)4-7/h2-4,6,12H,5H2,1H3/t6-/m1/s1. The fourth-order valence-corrected chi connectivity index (χ4v) is 0.924. The van der Waals surface area contributed by atoms with Gasteiger partial charge in [-0.3, -0.25) is 0 Å². The fourth-order valence-electron chi connectivity index (χ4n) is 0.924. The van der Waals surface area contributed by atoms with Crippen molar-refractivity contribution in [2.24, 2.45) is 0 Å². The summed E-state index contributed by atoms with van der Waals surface area (Å²) >= 11 is 0. The van der Waals surface area contributed by atoms with E-state index in [2.05, 4.69) is 0 Å². The molecular formula is C9H10F2O. The first-order valence-electron chi connectivity index (χ1n) is 3.71. The molecule has 0 unspecified atom stereocenters. The van der Waals surface area contributed by atoms with Crippen molar-refractivity contribution >= 4 is 0 Å². The molecule has 0 amide bonds. The summed E-state index contributed by atoms with van der Waals surface area (Å²) in [4.78, 5) is 0. The lowest BCUT2D eigenvalue weighted by Gasteiger charge is -2.07. The summed E-state index contributed by atoms with van der Waals surface area (Å²) in [5.41, 5.74) is 0.608. The number of halogens is 2. The Morgan fingerprint density at radius 3 is 2.50 bits per heavy atom. The molecule has 1 N–H and O–H groups in total. The van der Waals surface area contributed by atoms with E-state index in [9.17, 15) is 8.78 Å². The van der Waals surface area contributed by atoms with E-state index >= 15 is 0 Å². The van der Waals surface area contributed by atoms with E-state index in [0.29, 0.717) is 5.56 Å². The number of rotatable bonds is 2. The summed E-state index contributed by atoms with van der Waals surface area (Å²) in [6, 6.07) is 3.65. The van der Waals surface area contributed by atoms with Crippen LogP contribution < -0.4 is 0 Å². The van der Waals surface area contributed by atoms with Crippen LogP contribution in [-0.2, 0) is 0 Å². The summed E-state index contributed by atoms with van der Waals surface area (Å²) < 4.78 is 25.0. The molecule has 0 aliphatic carbocycles. The number of aliphatic hydroxyl groups is 1. The van der Waals surface area contributed by atoms with E-state index in [1.165, 1.54) is 6.07 Å². The largest absolute Gasteiger partial charge is 0.396 e. The van der Waals surface area contributed by atoms with Gasteiger partial charge >= 0.3 is 0 Å².